The maximum atomic E-state index is 13.6. The molecule has 0 saturated heterocycles. The molecule has 156 valence electrons. The monoisotopic (exact) mass is 402 g/mol. The van der Waals surface area contributed by atoms with E-state index in [0.717, 1.165) is 22.5 Å². The number of allylic oxidation sites excluding steroid dienone is 1. The fourth-order valence-corrected chi connectivity index (χ4v) is 4.73. The van der Waals surface area contributed by atoms with Gasteiger partial charge in [0.25, 0.3) is 11.8 Å². The summed E-state index contributed by atoms with van der Waals surface area (Å²) >= 11 is 0. The summed E-state index contributed by atoms with van der Waals surface area (Å²) in [4.78, 5) is 28.9. The molecule has 4 nitrogen and oxygen atoms in total. The third-order valence-electron chi connectivity index (χ3n) is 5.95. The number of carbonyl (C=O) groups is 2. The maximum absolute atomic E-state index is 13.6. The molecule has 1 aliphatic rings. The zero-order valence-corrected chi connectivity index (χ0v) is 18.2. The highest BCUT2D eigenvalue weighted by molar-refractivity contribution is 6.16. The standard InChI is InChI=1S/C26H30N2O2/c1-5-21-22(6-2)26(8-4,28(25(21)30)20-17-13-10-14-18-20)23(7-3)24(29)27-19-15-11-9-12-16-19/h7,9-18H,5-6,8H2,1-4H3,(H,27,29)/b23-7+. The van der Waals surface area contributed by atoms with Gasteiger partial charge in [0.1, 0.15) is 5.54 Å². The molecule has 0 aromatic heterocycles. The molecule has 0 radical (unpaired) electrons. The fraction of sp³-hybridized carbons (Fsp3) is 0.308. The van der Waals surface area contributed by atoms with Gasteiger partial charge in [-0.1, -0.05) is 63.2 Å². The summed E-state index contributed by atoms with van der Waals surface area (Å²) in [6, 6.07) is 19.1. The SMILES string of the molecule is C/C=C(\C(=O)Nc1ccccc1)C1(CC)C(CC)=C(CC)C(=O)N1c1ccccc1. The summed E-state index contributed by atoms with van der Waals surface area (Å²) in [5.74, 6) is -0.183. The van der Waals surface area contributed by atoms with Crippen LogP contribution in [0.5, 0.6) is 0 Å². The Hall–Kier alpha value is -3.14. The van der Waals surface area contributed by atoms with Crippen LogP contribution in [0, 0.1) is 0 Å². The summed E-state index contributed by atoms with van der Waals surface area (Å²) in [6.45, 7) is 8.01. The molecule has 1 unspecified atom stereocenters. The predicted octanol–water partition coefficient (Wildman–Crippen LogP) is 5.88. The molecule has 30 heavy (non-hydrogen) atoms. The minimum Gasteiger partial charge on any atom is -0.322 e. The number of nitrogens with one attached hydrogen (secondary N) is 1. The molecular weight excluding hydrogens is 372 g/mol. The van der Waals surface area contributed by atoms with Crippen molar-refractivity contribution in [1.82, 2.24) is 0 Å². The Morgan fingerprint density at radius 3 is 2.07 bits per heavy atom. The van der Waals surface area contributed by atoms with Gasteiger partial charge in [-0.3, -0.25) is 14.5 Å². The number of para-hydroxylation sites is 2. The maximum Gasteiger partial charge on any atom is 0.255 e. The van der Waals surface area contributed by atoms with Crippen LogP contribution >= 0.6 is 0 Å². The average Bonchev–Trinajstić information content (AvgIpc) is 3.03. The first-order chi connectivity index (χ1) is 14.5. The van der Waals surface area contributed by atoms with E-state index in [9.17, 15) is 9.59 Å². The average molecular weight is 403 g/mol. The molecule has 2 aromatic rings. The number of carbonyl (C=O) groups excluding carboxylic acids is 2. The van der Waals surface area contributed by atoms with Crippen molar-refractivity contribution in [2.45, 2.75) is 52.5 Å². The van der Waals surface area contributed by atoms with Crippen LogP contribution in [0.25, 0.3) is 0 Å². The molecule has 1 atom stereocenters. The minimum absolute atomic E-state index is 0.00531. The molecule has 0 fully saturated rings. The van der Waals surface area contributed by atoms with Crippen LogP contribution in [-0.2, 0) is 9.59 Å². The molecular formula is C26H30N2O2. The van der Waals surface area contributed by atoms with Gasteiger partial charge in [0, 0.05) is 22.5 Å². The van der Waals surface area contributed by atoms with Crippen LogP contribution < -0.4 is 10.2 Å². The van der Waals surface area contributed by atoms with Gasteiger partial charge in [0.05, 0.1) is 0 Å². The second kappa shape index (κ2) is 9.12. The number of rotatable bonds is 7. The number of anilines is 2. The second-order valence-electron chi connectivity index (χ2n) is 7.38. The number of nitrogens with zero attached hydrogens (tertiary/aromatic N) is 1. The molecule has 0 bridgehead atoms. The number of amides is 2. The Morgan fingerprint density at radius 1 is 0.967 bits per heavy atom. The van der Waals surface area contributed by atoms with Crippen LogP contribution in [0.1, 0.15) is 47.0 Å². The first-order valence-corrected chi connectivity index (χ1v) is 10.7. The largest absolute Gasteiger partial charge is 0.322 e. The number of hydrogen-bond donors (Lipinski definition) is 1. The topological polar surface area (TPSA) is 49.4 Å². The van der Waals surface area contributed by atoms with Gasteiger partial charge in [-0.05, 0) is 56.0 Å². The van der Waals surface area contributed by atoms with E-state index in [1.165, 1.54) is 0 Å². The van der Waals surface area contributed by atoms with E-state index < -0.39 is 5.54 Å². The van der Waals surface area contributed by atoms with Gasteiger partial charge in [-0.25, -0.2) is 0 Å². The van der Waals surface area contributed by atoms with E-state index >= 15 is 0 Å². The van der Waals surface area contributed by atoms with Gasteiger partial charge < -0.3 is 5.32 Å². The minimum atomic E-state index is -0.799. The van der Waals surface area contributed by atoms with Crippen molar-refractivity contribution in [1.29, 1.82) is 0 Å². The lowest BCUT2D eigenvalue weighted by atomic mass is 9.77. The summed E-state index contributed by atoms with van der Waals surface area (Å²) in [5, 5.41) is 3.03. The van der Waals surface area contributed by atoms with Crippen LogP contribution in [0.4, 0.5) is 11.4 Å². The zero-order valence-electron chi connectivity index (χ0n) is 18.2. The first kappa shape index (κ1) is 21.6. The van der Waals surface area contributed by atoms with E-state index in [1.54, 1.807) is 0 Å². The summed E-state index contributed by atoms with van der Waals surface area (Å²) in [7, 11) is 0. The lowest BCUT2D eigenvalue weighted by molar-refractivity contribution is -0.115. The Bertz CT molecular complexity index is 977. The van der Waals surface area contributed by atoms with Crippen molar-refractivity contribution >= 4 is 23.2 Å². The molecule has 1 N–H and O–H groups in total. The lowest BCUT2D eigenvalue weighted by Crippen LogP contribution is -2.52. The van der Waals surface area contributed by atoms with Gasteiger partial charge >= 0.3 is 0 Å². The van der Waals surface area contributed by atoms with E-state index in [4.69, 9.17) is 0 Å². The van der Waals surface area contributed by atoms with Crippen molar-refractivity contribution in [3.63, 3.8) is 0 Å². The van der Waals surface area contributed by atoms with E-state index in [0.29, 0.717) is 24.8 Å². The highest BCUT2D eigenvalue weighted by Gasteiger charge is 2.53. The summed E-state index contributed by atoms with van der Waals surface area (Å²) in [5.41, 5.74) is 3.21. The van der Waals surface area contributed by atoms with Crippen molar-refractivity contribution in [3.05, 3.63) is 83.5 Å². The molecule has 2 aromatic carbocycles. The van der Waals surface area contributed by atoms with Crippen molar-refractivity contribution in [2.24, 2.45) is 0 Å². The van der Waals surface area contributed by atoms with Crippen molar-refractivity contribution in [2.75, 3.05) is 10.2 Å². The van der Waals surface area contributed by atoms with E-state index in [-0.39, 0.29) is 11.8 Å². The lowest BCUT2D eigenvalue weighted by Gasteiger charge is -2.42. The molecule has 2 amide bonds. The number of benzene rings is 2. The van der Waals surface area contributed by atoms with Gasteiger partial charge in [-0.15, -0.1) is 0 Å². The highest BCUT2D eigenvalue weighted by Crippen LogP contribution is 2.48. The van der Waals surface area contributed by atoms with Crippen LogP contribution in [0.3, 0.4) is 0 Å². The Morgan fingerprint density at radius 2 is 1.57 bits per heavy atom. The predicted molar refractivity (Wildman–Crippen MR) is 123 cm³/mol. The molecule has 0 spiro atoms. The molecule has 4 heteroatoms. The molecule has 1 heterocycles. The van der Waals surface area contributed by atoms with Crippen LogP contribution in [0.15, 0.2) is 83.5 Å². The molecule has 0 aliphatic carbocycles. The Kier molecular flexibility index (Phi) is 6.56. The summed E-state index contributed by atoms with van der Waals surface area (Å²) in [6.07, 6.45) is 3.83. The zero-order chi connectivity index (χ0) is 21.7. The smallest absolute Gasteiger partial charge is 0.255 e. The second-order valence-corrected chi connectivity index (χ2v) is 7.38. The van der Waals surface area contributed by atoms with E-state index in [1.807, 2.05) is 85.5 Å². The van der Waals surface area contributed by atoms with Gasteiger partial charge in [-0.2, -0.15) is 0 Å². The highest BCUT2D eigenvalue weighted by atomic mass is 16.2. The Balaban J connectivity index is 2.18. The quantitative estimate of drug-likeness (QED) is 0.588. The summed E-state index contributed by atoms with van der Waals surface area (Å²) < 4.78 is 0. The van der Waals surface area contributed by atoms with Crippen molar-refractivity contribution in [3.8, 4) is 0 Å². The molecule has 1 aliphatic heterocycles. The normalized spacial score (nSPS) is 19.4. The third-order valence-corrected chi connectivity index (χ3v) is 5.95. The van der Waals surface area contributed by atoms with Crippen molar-refractivity contribution < 1.29 is 9.59 Å². The van der Waals surface area contributed by atoms with Gasteiger partial charge in [0.2, 0.25) is 0 Å². The van der Waals surface area contributed by atoms with Crippen LogP contribution in [0.2, 0.25) is 0 Å². The van der Waals surface area contributed by atoms with Crippen LogP contribution in [-0.4, -0.2) is 17.4 Å². The van der Waals surface area contributed by atoms with Gasteiger partial charge in [0.15, 0.2) is 0 Å². The molecule has 3 rings (SSSR count). The Labute approximate surface area is 179 Å². The molecule has 0 saturated carbocycles. The number of hydrogen-bond acceptors (Lipinski definition) is 2. The fourth-order valence-electron chi connectivity index (χ4n) is 4.73. The van der Waals surface area contributed by atoms with E-state index in [2.05, 4.69) is 19.2 Å². The third kappa shape index (κ3) is 3.47. The first-order valence-electron chi connectivity index (χ1n) is 10.7.